The summed E-state index contributed by atoms with van der Waals surface area (Å²) in [5, 5.41) is 7.09. The van der Waals surface area contributed by atoms with Crippen LogP contribution in [-0.4, -0.2) is 51.8 Å². The Morgan fingerprint density at radius 1 is 0.611 bits per heavy atom. The van der Waals surface area contributed by atoms with Crippen LogP contribution in [0.15, 0.2) is 104 Å². The molecule has 0 radical (unpaired) electrons. The molecule has 0 spiro atoms. The summed E-state index contributed by atoms with van der Waals surface area (Å²) >= 11 is 0. The lowest BCUT2D eigenvalue weighted by Gasteiger charge is -2.33. The second-order valence-corrected chi connectivity index (χ2v) is 13.6. The van der Waals surface area contributed by atoms with Gasteiger partial charge in [-0.3, -0.25) is 4.98 Å². The minimum Gasteiger partial charge on any atom is -0.490 e. The van der Waals surface area contributed by atoms with Gasteiger partial charge in [-0.25, -0.2) is 23.7 Å². The van der Waals surface area contributed by atoms with E-state index in [1.165, 1.54) is 30.9 Å². The van der Waals surface area contributed by atoms with Crippen molar-refractivity contribution in [3.8, 4) is 56.1 Å². The highest BCUT2D eigenvalue weighted by atomic mass is 19.1. The predicted octanol–water partition coefficient (Wildman–Crippen LogP) is 7.38. The van der Waals surface area contributed by atoms with Crippen LogP contribution >= 0.6 is 0 Å². The molecule has 0 aliphatic carbocycles. The number of rotatable bonds is 9. The summed E-state index contributed by atoms with van der Waals surface area (Å²) < 4.78 is 44.8. The molecule has 274 valence electrons. The molecule has 54 heavy (non-hydrogen) atoms. The van der Waals surface area contributed by atoms with Crippen LogP contribution in [0.2, 0.25) is 0 Å². The fraction of sp³-hybridized carbons (Fsp3) is 0.238. The molecule has 2 aliphatic rings. The molecule has 4 aromatic carbocycles. The molecule has 2 unspecified atom stereocenters. The summed E-state index contributed by atoms with van der Waals surface area (Å²) in [6.07, 6.45) is 8.97. The Hall–Kier alpha value is -5.98. The van der Waals surface area contributed by atoms with Crippen molar-refractivity contribution >= 4 is 11.8 Å². The second-order valence-electron chi connectivity index (χ2n) is 13.6. The molecule has 6 N–H and O–H groups in total. The van der Waals surface area contributed by atoms with Gasteiger partial charge in [-0.2, -0.15) is 0 Å². The van der Waals surface area contributed by atoms with Crippen molar-refractivity contribution in [2.75, 3.05) is 31.1 Å². The molecule has 8 rings (SSSR count). The number of piperidine rings is 2. The van der Waals surface area contributed by atoms with E-state index in [4.69, 9.17) is 20.9 Å². The summed E-state index contributed by atoms with van der Waals surface area (Å²) in [5.74, 6) is 0.954. The van der Waals surface area contributed by atoms with Crippen LogP contribution in [-0.2, 0) is 0 Å². The standard InChI is InChI=1S/C42H40F2N8O2/c43-34-19-26(9-10-30(34)27-21-51-42(46)52-22-27)41-33(5-3-7-39(41)53-28-12-15-47-16-13-28)36-20-29(14-17-48-36)54-38-6-2-1-4-31(38)25-8-11-32(35(44)18-25)37-23-50-40(45)24-49-37/h1-11,18-19,21-24,28-29,36,47-48H,12-17,20H2,(H2,45,50)(H2,46,51,52). The summed E-state index contributed by atoms with van der Waals surface area (Å²) in [4.78, 5) is 16.4. The van der Waals surface area contributed by atoms with Gasteiger partial charge in [0, 0.05) is 52.7 Å². The molecule has 12 heteroatoms. The molecule has 10 nitrogen and oxygen atoms in total. The van der Waals surface area contributed by atoms with E-state index in [-0.39, 0.29) is 30.0 Å². The topological polar surface area (TPSA) is 146 Å². The monoisotopic (exact) mass is 726 g/mol. The molecule has 2 saturated heterocycles. The van der Waals surface area contributed by atoms with E-state index in [0.717, 1.165) is 49.0 Å². The van der Waals surface area contributed by atoms with Crippen LogP contribution in [0, 0.1) is 11.6 Å². The number of ether oxygens (including phenoxy) is 2. The Labute approximate surface area is 312 Å². The Bertz CT molecular complexity index is 2250. The second kappa shape index (κ2) is 15.6. The van der Waals surface area contributed by atoms with Crippen molar-refractivity contribution in [3.63, 3.8) is 0 Å². The van der Waals surface area contributed by atoms with Gasteiger partial charge in [0.15, 0.2) is 0 Å². The highest BCUT2D eigenvalue weighted by Crippen LogP contribution is 2.42. The molecule has 0 bridgehead atoms. The SMILES string of the molecule is Nc1cnc(-c2ccc(-c3ccccc3OC3CCNC(c4cccc(OC5CCNCC5)c4-c4ccc(-c5cnc(N)nc5)c(F)c4)C3)cc2F)cn1. The zero-order valence-corrected chi connectivity index (χ0v) is 29.5. The molecule has 4 heterocycles. The van der Waals surface area contributed by atoms with Gasteiger partial charge in [0.05, 0.1) is 18.1 Å². The fourth-order valence-corrected chi connectivity index (χ4v) is 7.30. The van der Waals surface area contributed by atoms with Crippen molar-refractivity contribution in [3.05, 3.63) is 121 Å². The maximum absolute atomic E-state index is 15.9. The molecular weight excluding hydrogens is 687 g/mol. The fourth-order valence-electron chi connectivity index (χ4n) is 7.30. The van der Waals surface area contributed by atoms with Crippen LogP contribution in [0.3, 0.4) is 0 Å². The zero-order chi connectivity index (χ0) is 37.0. The number of nitrogens with one attached hydrogen (secondary N) is 2. The van der Waals surface area contributed by atoms with Gasteiger partial charge in [0.2, 0.25) is 5.95 Å². The molecule has 2 aliphatic heterocycles. The lowest BCUT2D eigenvalue weighted by molar-refractivity contribution is 0.140. The van der Waals surface area contributed by atoms with E-state index in [2.05, 4.69) is 36.6 Å². The van der Waals surface area contributed by atoms with Crippen molar-refractivity contribution in [1.82, 2.24) is 30.6 Å². The third-order valence-electron chi connectivity index (χ3n) is 10.0. The van der Waals surface area contributed by atoms with Gasteiger partial charge in [-0.05, 0) is 85.9 Å². The van der Waals surface area contributed by atoms with E-state index in [1.807, 2.05) is 48.5 Å². The van der Waals surface area contributed by atoms with E-state index in [1.54, 1.807) is 18.2 Å². The van der Waals surface area contributed by atoms with Gasteiger partial charge in [0.25, 0.3) is 0 Å². The molecule has 2 atom stereocenters. The number of halogens is 2. The number of hydrogen-bond acceptors (Lipinski definition) is 10. The Kier molecular flexibility index (Phi) is 10.1. The van der Waals surface area contributed by atoms with Gasteiger partial charge in [0.1, 0.15) is 41.2 Å². The van der Waals surface area contributed by atoms with E-state index in [0.29, 0.717) is 58.0 Å². The number of benzene rings is 4. The molecule has 2 fully saturated rings. The average molecular weight is 727 g/mol. The molecule has 0 amide bonds. The first kappa shape index (κ1) is 35.1. The molecule has 2 aromatic heterocycles. The first-order valence-electron chi connectivity index (χ1n) is 18.1. The van der Waals surface area contributed by atoms with Gasteiger partial charge in [-0.1, -0.05) is 48.5 Å². The van der Waals surface area contributed by atoms with Crippen LogP contribution in [0.5, 0.6) is 11.5 Å². The molecule has 6 aromatic rings. The average Bonchev–Trinajstić information content (AvgIpc) is 3.19. The maximum Gasteiger partial charge on any atom is 0.219 e. The number of nitrogen functional groups attached to an aromatic ring is 2. The van der Waals surface area contributed by atoms with Crippen LogP contribution in [0.1, 0.15) is 37.3 Å². The third-order valence-corrected chi connectivity index (χ3v) is 10.0. The number of nitrogens with two attached hydrogens (primary N) is 2. The highest BCUT2D eigenvalue weighted by Gasteiger charge is 2.29. The Balaban J connectivity index is 1.08. The normalized spacial score (nSPS) is 17.6. The summed E-state index contributed by atoms with van der Waals surface area (Å²) in [6, 6.07) is 23.9. The van der Waals surface area contributed by atoms with Gasteiger partial charge < -0.3 is 31.6 Å². The van der Waals surface area contributed by atoms with E-state index >= 15 is 8.78 Å². The van der Waals surface area contributed by atoms with Crippen molar-refractivity contribution in [2.45, 2.75) is 43.9 Å². The lowest BCUT2D eigenvalue weighted by atomic mass is 9.88. The Morgan fingerprint density at radius 3 is 2.09 bits per heavy atom. The molecule has 0 saturated carbocycles. The zero-order valence-electron chi connectivity index (χ0n) is 29.5. The van der Waals surface area contributed by atoms with Gasteiger partial charge in [-0.15, -0.1) is 0 Å². The minimum absolute atomic E-state index is 0.0431. The number of anilines is 2. The number of hydrogen-bond donors (Lipinski definition) is 4. The number of para-hydroxylation sites is 1. The van der Waals surface area contributed by atoms with Crippen molar-refractivity contribution in [2.24, 2.45) is 0 Å². The van der Waals surface area contributed by atoms with Crippen LogP contribution in [0.4, 0.5) is 20.5 Å². The largest absolute Gasteiger partial charge is 0.490 e. The van der Waals surface area contributed by atoms with Gasteiger partial charge >= 0.3 is 0 Å². The summed E-state index contributed by atoms with van der Waals surface area (Å²) in [6.45, 7) is 2.46. The van der Waals surface area contributed by atoms with Crippen molar-refractivity contribution in [1.29, 1.82) is 0 Å². The first-order valence-corrected chi connectivity index (χ1v) is 18.1. The summed E-state index contributed by atoms with van der Waals surface area (Å²) in [5.41, 5.74) is 17.0. The van der Waals surface area contributed by atoms with Crippen LogP contribution < -0.4 is 31.6 Å². The molecular formula is C42H40F2N8O2. The predicted molar refractivity (Wildman–Crippen MR) is 205 cm³/mol. The van der Waals surface area contributed by atoms with Crippen molar-refractivity contribution < 1.29 is 18.3 Å². The quantitative estimate of drug-likeness (QED) is 0.119. The van der Waals surface area contributed by atoms with Crippen LogP contribution in [0.25, 0.3) is 44.6 Å². The number of aromatic nitrogens is 4. The Morgan fingerprint density at radius 2 is 1.31 bits per heavy atom. The maximum atomic E-state index is 15.9. The van der Waals surface area contributed by atoms with E-state index < -0.39 is 11.6 Å². The highest BCUT2D eigenvalue weighted by molar-refractivity contribution is 5.78. The summed E-state index contributed by atoms with van der Waals surface area (Å²) in [7, 11) is 0. The smallest absolute Gasteiger partial charge is 0.219 e. The number of nitrogens with zero attached hydrogens (tertiary/aromatic N) is 4. The first-order chi connectivity index (χ1) is 26.4. The lowest BCUT2D eigenvalue weighted by Crippen LogP contribution is -2.37. The minimum atomic E-state index is -0.423. The third kappa shape index (κ3) is 7.57. The van der Waals surface area contributed by atoms with E-state index in [9.17, 15) is 0 Å².